The van der Waals surface area contributed by atoms with Crippen LogP contribution in [0.1, 0.15) is 35.5 Å². The minimum absolute atomic E-state index is 0.246. The van der Waals surface area contributed by atoms with E-state index in [4.69, 9.17) is 13.9 Å². The Bertz CT molecular complexity index is 352. The van der Waals surface area contributed by atoms with E-state index in [1.165, 1.54) is 14.2 Å². The second-order valence-electron chi connectivity index (χ2n) is 3.07. The first-order valence-corrected chi connectivity index (χ1v) is 4.96. The number of ether oxygens (including phenoxy) is 2. The zero-order chi connectivity index (χ0) is 11.4. The van der Waals surface area contributed by atoms with Gasteiger partial charge in [0.05, 0.1) is 14.2 Å². The van der Waals surface area contributed by atoms with Crippen LogP contribution in [-0.2, 0) is 17.6 Å². The number of aryl methyl sites for hydroxylation is 1. The first-order chi connectivity index (χ1) is 7.19. The molecule has 0 aromatic carbocycles. The van der Waals surface area contributed by atoms with Crippen molar-refractivity contribution in [3.63, 3.8) is 0 Å². The first-order valence-electron chi connectivity index (χ1n) is 4.96. The van der Waals surface area contributed by atoms with Crippen molar-refractivity contribution in [3.8, 4) is 5.95 Å². The molecule has 0 N–H and O–H groups in total. The van der Waals surface area contributed by atoms with Crippen molar-refractivity contribution in [1.82, 2.24) is 0 Å². The molecule has 1 aromatic heterocycles. The van der Waals surface area contributed by atoms with Gasteiger partial charge in [0.25, 0.3) is 5.95 Å². The fraction of sp³-hybridized carbons (Fsp3) is 0.545. The van der Waals surface area contributed by atoms with Crippen molar-refractivity contribution in [2.75, 3.05) is 14.2 Å². The Hall–Kier alpha value is -1.45. The molecule has 0 spiro atoms. The summed E-state index contributed by atoms with van der Waals surface area (Å²) >= 11 is 0. The van der Waals surface area contributed by atoms with E-state index in [1.54, 1.807) is 0 Å². The normalized spacial score (nSPS) is 10.1. The van der Waals surface area contributed by atoms with Crippen LogP contribution in [0.15, 0.2) is 4.42 Å². The number of carbonyl (C=O) groups excluding carboxylic acids is 1. The van der Waals surface area contributed by atoms with Crippen molar-refractivity contribution in [1.29, 1.82) is 0 Å². The number of esters is 1. The third kappa shape index (κ3) is 1.98. The molecule has 0 radical (unpaired) electrons. The van der Waals surface area contributed by atoms with Crippen LogP contribution in [0.3, 0.4) is 0 Å². The van der Waals surface area contributed by atoms with Crippen LogP contribution in [0, 0.1) is 0 Å². The highest BCUT2D eigenvalue weighted by Crippen LogP contribution is 2.30. The Morgan fingerprint density at radius 3 is 2.33 bits per heavy atom. The third-order valence-corrected chi connectivity index (χ3v) is 2.31. The van der Waals surface area contributed by atoms with Gasteiger partial charge in [-0.2, -0.15) is 0 Å². The number of furan rings is 1. The molecule has 0 bridgehead atoms. The molecule has 0 atom stereocenters. The van der Waals surface area contributed by atoms with Crippen LogP contribution in [0.5, 0.6) is 5.95 Å². The zero-order valence-corrected chi connectivity index (χ0v) is 9.55. The third-order valence-electron chi connectivity index (χ3n) is 2.31. The van der Waals surface area contributed by atoms with Crippen LogP contribution < -0.4 is 4.74 Å². The van der Waals surface area contributed by atoms with Gasteiger partial charge in [0.1, 0.15) is 11.3 Å². The molecular formula is C11H16O4. The van der Waals surface area contributed by atoms with Gasteiger partial charge in [0, 0.05) is 12.0 Å². The fourth-order valence-corrected chi connectivity index (χ4v) is 1.60. The van der Waals surface area contributed by atoms with Crippen molar-refractivity contribution >= 4 is 5.97 Å². The van der Waals surface area contributed by atoms with Gasteiger partial charge in [-0.3, -0.25) is 0 Å². The van der Waals surface area contributed by atoms with Crippen molar-refractivity contribution < 1.29 is 18.7 Å². The first kappa shape index (κ1) is 11.6. The highest BCUT2D eigenvalue weighted by Gasteiger charge is 2.25. The zero-order valence-electron chi connectivity index (χ0n) is 9.55. The lowest BCUT2D eigenvalue weighted by Crippen LogP contribution is -2.05. The number of hydrogen-bond donors (Lipinski definition) is 0. The summed E-state index contributed by atoms with van der Waals surface area (Å²) in [6.45, 7) is 3.94. The van der Waals surface area contributed by atoms with E-state index in [0.29, 0.717) is 5.56 Å². The van der Waals surface area contributed by atoms with Gasteiger partial charge in [0.15, 0.2) is 0 Å². The molecule has 0 amide bonds. The summed E-state index contributed by atoms with van der Waals surface area (Å²) in [5.74, 6) is 0.623. The van der Waals surface area contributed by atoms with Crippen LogP contribution in [0.4, 0.5) is 0 Å². The molecule has 0 aliphatic carbocycles. The Kier molecular flexibility index (Phi) is 3.77. The van der Waals surface area contributed by atoms with E-state index in [2.05, 4.69) is 0 Å². The lowest BCUT2D eigenvalue weighted by Gasteiger charge is -2.00. The predicted molar refractivity (Wildman–Crippen MR) is 55.4 cm³/mol. The molecule has 0 saturated heterocycles. The van der Waals surface area contributed by atoms with Crippen LogP contribution >= 0.6 is 0 Å². The number of hydrogen-bond acceptors (Lipinski definition) is 4. The van der Waals surface area contributed by atoms with Crippen LogP contribution in [-0.4, -0.2) is 20.2 Å². The molecule has 0 fully saturated rings. The van der Waals surface area contributed by atoms with Gasteiger partial charge in [-0.1, -0.05) is 13.8 Å². The standard InChI is InChI=1S/C11H16O4/c1-5-7-8(6-2)15-11(14-4)9(7)10(12)13-3/h5-6H2,1-4H3. The summed E-state index contributed by atoms with van der Waals surface area (Å²) in [4.78, 5) is 11.5. The van der Waals surface area contributed by atoms with Gasteiger partial charge in [-0.15, -0.1) is 0 Å². The largest absolute Gasteiger partial charge is 0.468 e. The number of methoxy groups -OCH3 is 2. The van der Waals surface area contributed by atoms with Gasteiger partial charge in [0.2, 0.25) is 0 Å². The van der Waals surface area contributed by atoms with Gasteiger partial charge < -0.3 is 13.9 Å². The van der Waals surface area contributed by atoms with Gasteiger partial charge in [-0.25, -0.2) is 4.79 Å². The molecule has 1 heterocycles. The Balaban J connectivity index is 3.30. The maximum absolute atomic E-state index is 11.5. The minimum atomic E-state index is -0.410. The topological polar surface area (TPSA) is 48.7 Å². The SMILES string of the molecule is CCc1oc(OC)c(C(=O)OC)c1CC. The Labute approximate surface area is 89.2 Å². The summed E-state index contributed by atoms with van der Waals surface area (Å²) in [6, 6.07) is 0. The quantitative estimate of drug-likeness (QED) is 0.718. The Morgan fingerprint density at radius 2 is 1.93 bits per heavy atom. The molecule has 4 heteroatoms. The lowest BCUT2D eigenvalue weighted by atomic mass is 10.1. The Morgan fingerprint density at radius 1 is 1.27 bits per heavy atom. The summed E-state index contributed by atoms with van der Waals surface area (Å²) in [5, 5.41) is 0. The summed E-state index contributed by atoms with van der Waals surface area (Å²) < 4.78 is 15.2. The van der Waals surface area contributed by atoms with Crippen molar-refractivity contribution in [2.24, 2.45) is 0 Å². The maximum atomic E-state index is 11.5. The summed E-state index contributed by atoms with van der Waals surface area (Å²) in [6.07, 6.45) is 1.46. The molecular weight excluding hydrogens is 196 g/mol. The summed E-state index contributed by atoms with van der Waals surface area (Å²) in [5.41, 5.74) is 1.29. The van der Waals surface area contributed by atoms with Crippen LogP contribution in [0.25, 0.3) is 0 Å². The van der Waals surface area contributed by atoms with Gasteiger partial charge >= 0.3 is 5.97 Å². The minimum Gasteiger partial charge on any atom is -0.468 e. The molecule has 84 valence electrons. The van der Waals surface area contributed by atoms with Gasteiger partial charge in [-0.05, 0) is 6.42 Å². The maximum Gasteiger partial charge on any atom is 0.345 e. The average molecular weight is 212 g/mol. The molecule has 0 unspecified atom stereocenters. The molecule has 0 aliphatic rings. The van der Waals surface area contributed by atoms with E-state index >= 15 is 0 Å². The molecule has 0 aliphatic heterocycles. The van der Waals surface area contributed by atoms with E-state index in [-0.39, 0.29) is 5.95 Å². The average Bonchev–Trinajstić information content (AvgIpc) is 2.65. The summed E-state index contributed by atoms with van der Waals surface area (Å²) in [7, 11) is 2.82. The van der Waals surface area contributed by atoms with E-state index in [1.807, 2.05) is 13.8 Å². The lowest BCUT2D eigenvalue weighted by molar-refractivity contribution is 0.0593. The second-order valence-corrected chi connectivity index (χ2v) is 3.07. The fourth-order valence-electron chi connectivity index (χ4n) is 1.60. The van der Waals surface area contributed by atoms with Crippen LogP contribution in [0.2, 0.25) is 0 Å². The monoisotopic (exact) mass is 212 g/mol. The highest BCUT2D eigenvalue weighted by atomic mass is 16.6. The van der Waals surface area contributed by atoms with E-state index < -0.39 is 5.97 Å². The van der Waals surface area contributed by atoms with Crippen molar-refractivity contribution in [2.45, 2.75) is 26.7 Å². The number of carbonyl (C=O) groups is 1. The molecule has 0 saturated carbocycles. The molecule has 1 aromatic rings. The second kappa shape index (κ2) is 4.87. The van der Waals surface area contributed by atoms with E-state index in [9.17, 15) is 4.79 Å². The highest BCUT2D eigenvalue weighted by molar-refractivity contribution is 5.93. The smallest absolute Gasteiger partial charge is 0.345 e. The predicted octanol–water partition coefficient (Wildman–Crippen LogP) is 2.20. The molecule has 1 rings (SSSR count). The van der Waals surface area contributed by atoms with E-state index in [0.717, 1.165) is 24.2 Å². The number of rotatable bonds is 4. The van der Waals surface area contributed by atoms with Crippen molar-refractivity contribution in [3.05, 3.63) is 16.9 Å². The molecule has 4 nitrogen and oxygen atoms in total. The molecule has 15 heavy (non-hydrogen) atoms.